The number of benzene rings is 1. The molecule has 0 amide bonds. The van der Waals surface area contributed by atoms with Gasteiger partial charge in [0.25, 0.3) is 5.69 Å². The number of allylic oxidation sites excluding steroid dienone is 3. The number of hydrazine groups is 1. The Morgan fingerprint density at radius 2 is 2.04 bits per heavy atom. The fourth-order valence-electron chi connectivity index (χ4n) is 2.10. The van der Waals surface area contributed by atoms with Gasteiger partial charge in [0.1, 0.15) is 5.82 Å². The Labute approximate surface area is 141 Å². The summed E-state index contributed by atoms with van der Waals surface area (Å²) >= 11 is 0. The molecule has 0 radical (unpaired) electrons. The van der Waals surface area contributed by atoms with Gasteiger partial charge in [-0.25, -0.2) is 5.84 Å². The lowest BCUT2D eigenvalue weighted by molar-refractivity contribution is -0.385. The Kier molecular flexibility index (Phi) is 6.31. The maximum absolute atomic E-state index is 10.8. The van der Waals surface area contributed by atoms with Gasteiger partial charge in [-0.3, -0.25) is 15.1 Å². The van der Waals surface area contributed by atoms with Gasteiger partial charge in [0.05, 0.1) is 17.2 Å². The summed E-state index contributed by atoms with van der Waals surface area (Å²) in [5.74, 6) is 6.14. The minimum Gasteiger partial charge on any atom is -0.395 e. The van der Waals surface area contributed by atoms with Crippen molar-refractivity contribution in [2.45, 2.75) is 20.4 Å². The van der Waals surface area contributed by atoms with E-state index in [1.807, 2.05) is 6.92 Å². The molecule has 1 rings (SSSR count). The first-order valence-corrected chi connectivity index (χ1v) is 7.19. The zero-order valence-corrected chi connectivity index (χ0v) is 14.0. The van der Waals surface area contributed by atoms with Crippen LogP contribution in [0.2, 0.25) is 0 Å². The lowest BCUT2D eigenvalue weighted by atomic mass is 10.1. The number of aryl methyl sites for hydroxylation is 1. The predicted molar refractivity (Wildman–Crippen MR) is 96.1 cm³/mol. The topological polar surface area (TPSA) is 124 Å². The number of nitrogens with two attached hydrogens (primary N) is 3. The summed E-state index contributed by atoms with van der Waals surface area (Å²) in [6.45, 7) is 11.3. The molecule has 0 atom stereocenters. The summed E-state index contributed by atoms with van der Waals surface area (Å²) in [6.07, 6.45) is 3.40. The van der Waals surface area contributed by atoms with Crippen LogP contribution in [0.5, 0.6) is 0 Å². The highest BCUT2D eigenvalue weighted by Crippen LogP contribution is 2.20. The second kappa shape index (κ2) is 7.98. The highest BCUT2D eigenvalue weighted by Gasteiger charge is 2.14. The predicted octanol–water partition coefficient (Wildman–Crippen LogP) is 2.35. The number of hydrogen-bond acceptors (Lipinski definition) is 6. The van der Waals surface area contributed by atoms with Crippen LogP contribution >= 0.6 is 0 Å². The van der Waals surface area contributed by atoms with Crippen LogP contribution in [0.25, 0.3) is 0 Å². The second-order valence-electron chi connectivity index (χ2n) is 5.37. The summed E-state index contributed by atoms with van der Waals surface area (Å²) in [4.78, 5) is 10.4. The van der Waals surface area contributed by atoms with E-state index in [0.717, 1.165) is 11.1 Å². The maximum Gasteiger partial charge on any atom is 0.272 e. The third-order valence-corrected chi connectivity index (χ3v) is 3.57. The van der Waals surface area contributed by atoms with Crippen molar-refractivity contribution in [2.24, 2.45) is 17.3 Å². The zero-order valence-electron chi connectivity index (χ0n) is 14.0. The van der Waals surface area contributed by atoms with E-state index in [4.69, 9.17) is 17.3 Å². The number of rotatable bonds is 7. The quantitative estimate of drug-likeness (QED) is 0.305. The average Bonchev–Trinajstić information content (AvgIpc) is 2.52. The Morgan fingerprint density at radius 1 is 1.42 bits per heavy atom. The molecule has 0 fully saturated rings. The van der Waals surface area contributed by atoms with Crippen LogP contribution < -0.4 is 17.3 Å². The van der Waals surface area contributed by atoms with Gasteiger partial charge in [-0.15, -0.1) is 0 Å². The molecule has 0 aliphatic heterocycles. The van der Waals surface area contributed by atoms with Gasteiger partial charge in [-0.1, -0.05) is 31.4 Å². The molecule has 0 heterocycles. The molecule has 0 aromatic heterocycles. The molecular weight excluding hydrogens is 306 g/mol. The van der Waals surface area contributed by atoms with Gasteiger partial charge in [0, 0.05) is 11.6 Å². The van der Waals surface area contributed by atoms with Crippen molar-refractivity contribution in [3.05, 3.63) is 87.4 Å². The summed E-state index contributed by atoms with van der Waals surface area (Å²) in [7, 11) is 0. The highest BCUT2D eigenvalue weighted by molar-refractivity contribution is 5.45. The molecule has 0 unspecified atom stereocenters. The van der Waals surface area contributed by atoms with Crippen molar-refractivity contribution in [2.75, 3.05) is 0 Å². The molecule has 24 heavy (non-hydrogen) atoms. The van der Waals surface area contributed by atoms with Crippen LogP contribution in [0, 0.1) is 17.0 Å². The van der Waals surface area contributed by atoms with Crippen LogP contribution in [0.4, 0.5) is 5.69 Å². The maximum atomic E-state index is 10.8. The molecule has 6 N–H and O–H groups in total. The summed E-state index contributed by atoms with van der Waals surface area (Å²) in [5, 5.41) is 12.1. The van der Waals surface area contributed by atoms with Crippen molar-refractivity contribution < 1.29 is 4.92 Å². The molecule has 0 saturated carbocycles. The Bertz CT molecular complexity index is 734. The second-order valence-corrected chi connectivity index (χ2v) is 5.37. The summed E-state index contributed by atoms with van der Waals surface area (Å²) in [5.41, 5.74) is 15.0. The molecule has 0 saturated heterocycles. The van der Waals surface area contributed by atoms with Gasteiger partial charge in [0.2, 0.25) is 0 Å². The fourth-order valence-corrected chi connectivity index (χ4v) is 2.10. The van der Waals surface area contributed by atoms with Gasteiger partial charge >= 0.3 is 0 Å². The number of nitro benzene ring substituents is 1. The van der Waals surface area contributed by atoms with E-state index in [2.05, 4.69) is 13.2 Å². The first-order chi connectivity index (χ1) is 11.2. The SMILES string of the molecule is C=C/C=C(\C)C(=C)/C(N)=C(\N)N(N)Cc1ccc([N+](=O)[O-])c(C)c1. The first-order valence-electron chi connectivity index (χ1n) is 7.19. The van der Waals surface area contributed by atoms with Crippen molar-refractivity contribution in [1.29, 1.82) is 0 Å². The van der Waals surface area contributed by atoms with E-state index >= 15 is 0 Å². The van der Waals surface area contributed by atoms with E-state index < -0.39 is 4.92 Å². The summed E-state index contributed by atoms with van der Waals surface area (Å²) < 4.78 is 0. The number of nitro groups is 1. The Hall–Kier alpha value is -3.06. The van der Waals surface area contributed by atoms with E-state index in [9.17, 15) is 10.1 Å². The van der Waals surface area contributed by atoms with E-state index in [1.54, 1.807) is 31.2 Å². The molecule has 128 valence electrons. The van der Waals surface area contributed by atoms with Gasteiger partial charge in [0.15, 0.2) is 0 Å². The minimum atomic E-state index is -0.426. The van der Waals surface area contributed by atoms with E-state index in [0.29, 0.717) is 11.1 Å². The molecule has 0 spiro atoms. The van der Waals surface area contributed by atoms with E-state index in [1.165, 1.54) is 11.1 Å². The molecule has 7 nitrogen and oxygen atoms in total. The van der Waals surface area contributed by atoms with Crippen LogP contribution in [-0.4, -0.2) is 9.93 Å². The number of hydrogen-bond donors (Lipinski definition) is 3. The Balaban J connectivity index is 3.00. The fraction of sp³-hybridized carbons (Fsp3) is 0.176. The van der Waals surface area contributed by atoms with Crippen LogP contribution in [-0.2, 0) is 6.54 Å². The van der Waals surface area contributed by atoms with Gasteiger partial charge < -0.3 is 11.5 Å². The lowest BCUT2D eigenvalue weighted by Gasteiger charge is -2.22. The highest BCUT2D eigenvalue weighted by atomic mass is 16.6. The molecule has 1 aromatic rings. The first kappa shape index (κ1) is 19.0. The monoisotopic (exact) mass is 329 g/mol. The van der Waals surface area contributed by atoms with Crippen LogP contribution in [0.3, 0.4) is 0 Å². The van der Waals surface area contributed by atoms with Crippen molar-refractivity contribution in [3.63, 3.8) is 0 Å². The molecule has 1 aromatic carbocycles. The van der Waals surface area contributed by atoms with Crippen molar-refractivity contribution >= 4 is 5.69 Å². The third-order valence-electron chi connectivity index (χ3n) is 3.57. The molecule has 7 heteroatoms. The normalized spacial score (nSPS) is 12.4. The zero-order chi connectivity index (χ0) is 18.4. The molecule has 0 aliphatic carbocycles. The Morgan fingerprint density at radius 3 is 2.54 bits per heavy atom. The van der Waals surface area contributed by atoms with Crippen molar-refractivity contribution in [1.82, 2.24) is 5.01 Å². The standard InChI is InChI=1S/C17H23N5O2/c1-5-6-11(2)13(4)16(18)17(19)21(20)10-14-7-8-15(22(23)24)12(3)9-14/h5-9H,1,4,10,18-20H2,2-3H3/b11-6+,17-16-. The van der Waals surface area contributed by atoms with Gasteiger partial charge in [-0.2, -0.15) is 0 Å². The van der Waals surface area contributed by atoms with Crippen molar-refractivity contribution in [3.8, 4) is 0 Å². The van der Waals surface area contributed by atoms with Gasteiger partial charge in [-0.05, 0) is 36.6 Å². The van der Waals surface area contributed by atoms with E-state index in [-0.39, 0.29) is 23.8 Å². The largest absolute Gasteiger partial charge is 0.395 e. The molecule has 0 aliphatic rings. The third kappa shape index (κ3) is 4.47. The molecule has 0 bridgehead atoms. The van der Waals surface area contributed by atoms with Crippen LogP contribution in [0.15, 0.2) is 66.2 Å². The smallest absolute Gasteiger partial charge is 0.272 e. The minimum absolute atomic E-state index is 0.0592. The molecular formula is C17H23N5O2. The van der Waals surface area contributed by atoms with Crippen LogP contribution in [0.1, 0.15) is 18.1 Å². The average molecular weight is 329 g/mol. The lowest BCUT2D eigenvalue weighted by Crippen LogP contribution is -2.36. The summed E-state index contributed by atoms with van der Waals surface area (Å²) in [6, 6.07) is 4.77. The number of nitrogens with zero attached hydrogens (tertiary/aromatic N) is 2.